The summed E-state index contributed by atoms with van der Waals surface area (Å²) in [5, 5.41) is 4.04. The van der Waals surface area contributed by atoms with E-state index in [-0.39, 0.29) is 11.9 Å². The van der Waals surface area contributed by atoms with Gasteiger partial charge < -0.3 is 11.1 Å². The molecule has 0 spiro atoms. The fourth-order valence-electron chi connectivity index (χ4n) is 2.37. The Kier molecular flexibility index (Phi) is 5.79. The molecule has 1 aliphatic heterocycles. The van der Waals surface area contributed by atoms with Gasteiger partial charge in [-0.3, -0.25) is 9.69 Å². The van der Waals surface area contributed by atoms with Crippen molar-refractivity contribution in [2.75, 3.05) is 29.9 Å². The van der Waals surface area contributed by atoms with Crippen LogP contribution in [0.15, 0.2) is 18.2 Å². The van der Waals surface area contributed by atoms with E-state index in [4.69, 9.17) is 17.3 Å². The summed E-state index contributed by atoms with van der Waals surface area (Å²) in [5.74, 6) is 1.09. The summed E-state index contributed by atoms with van der Waals surface area (Å²) in [4.78, 5) is 14.6. The molecule has 1 aromatic rings. The van der Waals surface area contributed by atoms with Crippen molar-refractivity contribution in [2.24, 2.45) is 0 Å². The van der Waals surface area contributed by atoms with Gasteiger partial charge in [0.1, 0.15) is 0 Å². The number of carbonyl (C=O) groups excluding carboxylic acids is 1. The molecule has 1 aromatic carbocycles. The molecule has 1 amide bonds. The molecule has 21 heavy (non-hydrogen) atoms. The van der Waals surface area contributed by atoms with E-state index in [1.807, 2.05) is 18.7 Å². The number of benzene rings is 1. The molecule has 2 atom stereocenters. The molecule has 4 nitrogen and oxygen atoms in total. The van der Waals surface area contributed by atoms with Gasteiger partial charge in [0.2, 0.25) is 5.91 Å². The van der Waals surface area contributed by atoms with E-state index in [1.165, 1.54) is 0 Å². The molecule has 1 heterocycles. The van der Waals surface area contributed by atoms with Crippen molar-refractivity contribution < 1.29 is 4.79 Å². The number of carbonyl (C=O) groups is 1. The summed E-state index contributed by atoms with van der Waals surface area (Å²) >= 11 is 7.88. The molecule has 3 N–H and O–H groups in total. The highest BCUT2D eigenvalue weighted by molar-refractivity contribution is 8.00. The minimum atomic E-state index is -0.142. The lowest BCUT2D eigenvalue weighted by Gasteiger charge is -2.35. The number of anilines is 2. The number of hydrogen-bond donors (Lipinski definition) is 2. The Hall–Kier alpha value is -0.910. The van der Waals surface area contributed by atoms with E-state index >= 15 is 0 Å². The van der Waals surface area contributed by atoms with Gasteiger partial charge in [-0.1, -0.05) is 18.5 Å². The number of halogens is 1. The Morgan fingerprint density at radius 2 is 2.38 bits per heavy atom. The zero-order valence-corrected chi connectivity index (χ0v) is 14.0. The third-order valence-electron chi connectivity index (χ3n) is 3.82. The minimum absolute atomic E-state index is 0.00141. The molecule has 0 radical (unpaired) electrons. The third-order valence-corrected chi connectivity index (χ3v) is 5.53. The Balaban J connectivity index is 1.97. The Morgan fingerprint density at radius 3 is 3.05 bits per heavy atom. The maximum Gasteiger partial charge on any atom is 0.241 e. The Bertz CT molecular complexity index is 512. The van der Waals surface area contributed by atoms with Gasteiger partial charge in [0.15, 0.2) is 0 Å². The number of nitrogen functional groups attached to an aromatic ring is 1. The highest BCUT2D eigenvalue weighted by Gasteiger charge is 2.27. The van der Waals surface area contributed by atoms with Crippen molar-refractivity contribution in [3.8, 4) is 0 Å². The van der Waals surface area contributed by atoms with E-state index in [9.17, 15) is 4.79 Å². The average molecular weight is 328 g/mol. The Labute approximate surface area is 135 Å². The van der Waals surface area contributed by atoms with Gasteiger partial charge in [0, 0.05) is 29.8 Å². The van der Waals surface area contributed by atoms with E-state index in [0.717, 1.165) is 25.3 Å². The standard InChI is InChI=1S/C15H22ClN3OS/c1-3-12-9-19(6-7-21-12)10(2)15(20)18-11-4-5-13(16)14(17)8-11/h4-5,8,10,12H,3,6-7,9,17H2,1-2H3,(H,18,20). The average Bonchev–Trinajstić information content (AvgIpc) is 2.50. The number of hydrogen-bond acceptors (Lipinski definition) is 4. The van der Waals surface area contributed by atoms with Gasteiger partial charge in [-0.25, -0.2) is 0 Å². The molecule has 1 aliphatic rings. The predicted octanol–water partition coefficient (Wildman–Crippen LogP) is 3.08. The van der Waals surface area contributed by atoms with E-state index in [0.29, 0.717) is 21.6 Å². The summed E-state index contributed by atoms with van der Waals surface area (Å²) in [7, 11) is 0. The highest BCUT2D eigenvalue weighted by atomic mass is 35.5. The van der Waals surface area contributed by atoms with Crippen LogP contribution in [0.1, 0.15) is 20.3 Å². The van der Waals surface area contributed by atoms with Crippen LogP contribution in [0.3, 0.4) is 0 Å². The zero-order valence-electron chi connectivity index (χ0n) is 12.4. The largest absolute Gasteiger partial charge is 0.397 e. The van der Waals surface area contributed by atoms with Crippen molar-refractivity contribution >= 4 is 40.6 Å². The topological polar surface area (TPSA) is 58.4 Å². The fourth-order valence-corrected chi connectivity index (χ4v) is 3.70. The van der Waals surface area contributed by atoms with Gasteiger partial charge in [-0.2, -0.15) is 11.8 Å². The molecular formula is C15H22ClN3OS. The second-order valence-corrected chi connectivity index (χ2v) is 7.11. The summed E-state index contributed by atoms with van der Waals surface area (Å²) in [6, 6.07) is 5.01. The quantitative estimate of drug-likeness (QED) is 0.834. The van der Waals surface area contributed by atoms with Crippen LogP contribution in [0.25, 0.3) is 0 Å². The summed E-state index contributed by atoms with van der Waals surface area (Å²) in [6.07, 6.45) is 1.14. The highest BCUT2D eigenvalue weighted by Crippen LogP contribution is 2.24. The molecule has 1 saturated heterocycles. The van der Waals surface area contributed by atoms with Gasteiger partial charge >= 0.3 is 0 Å². The van der Waals surface area contributed by atoms with Crippen LogP contribution in [0.5, 0.6) is 0 Å². The lowest BCUT2D eigenvalue weighted by atomic mass is 10.2. The van der Waals surface area contributed by atoms with Crippen molar-refractivity contribution in [1.82, 2.24) is 4.90 Å². The van der Waals surface area contributed by atoms with Gasteiger partial charge in [0.25, 0.3) is 0 Å². The normalized spacial score (nSPS) is 21.0. The predicted molar refractivity (Wildman–Crippen MR) is 92.1 cm³/mol. The third kappa shape index (κ3) is 4.28. The van der Waals surface area contributed by atoms with Crippen LogP contribution in [0, 0.1) is 0 Å². The van der Waals surface area contributed by atoms with Crippen LogP contribution in [0.4, 0.5) is 11.4 Å². The van der Waals surface area contributed by atoms with E-state index < -0.39 is 0 Å². The monoisotopic (exact) mass is 327 g/mol. The molecule has 0 aromatic heterocycles. The van der Waals surface area contributed by atoms with E-state index in [2.05, 4.69) is 17.1 Å². The molecule has 6 heteroatoms. The number of rotatable bonds is 4. The molecule has 2 rings (SSSR count). The van der Waals surface area contributed by atoms with E-state index in [1.54, 1.807) is 18.2 Å². The van der Waals surface area contributed by atoms with Crippen molar-refractivity contribution in [1.29, 1.82) is 0 Å². The summed E-state index contributed by atoms with van der Waals surface area (Å²) in [6.45, 7) is 6.08. The Morgan fingerprint density at radius 1 is 1.62 bits per heavy atom. The van der Waals surface area contributed by atoms with Crippen LogP contribution in [-0.2, 0) is 4.79 Å². The second kappa shape index (κ2) is 7.38. The van der Waals surface area contributed by atoms with Gasteiger partial charge in [-0.15, -0.1) is 0 Å². The lowest BCUT2D eigenvalue weighted by Crippen LogP contribution is -2.48. The lowest BCUT2D eigenvalue weighted by molar-refractivity contribution is -0.120. The number of nitrogens with one attached hydrogen (secondary N) is 1. The number of amides is 1. The van der Waals surface area contributed by atoms with Crippen LogP contribution < -0.4 is 11.1 Å². The first-order chi connectivity index (χ1) is 10.0. The molecule has 0 saturated carbocycles. The molecule has 0 bridgehead atoms. The molecular weight excluding hydrogens is 306 g/mol. The smallest absolute Gasteiger partial charge is 0.241 e. The van der Waals surface area contributed by atoms with Crippen LogP contribution in [0.2, 0.25) is 5.02 Å². The summed E-state index contributed by atoms with van der Waals surface area (Å²) < 4.78 is 0. The van der Waals surface area contributed by atoms with Crippen LogP contribution in [-0.4, -0.2) is 40.9 Å². The number of nitrogens with two attached hydrogens (primary N) is 1. The molecule has 2 unspecified atom stereocenters. The van der Waals surface area contributed by atoms with Gasteiger partial charge in [-0.05, 0) is 31.5 Å². The maximum absolute atomic E-state index is 12.4. The van der Waals surface area contributed by atoms with Crippen molar-refractivity contribution in [2.45, 2.75) is 31.6 Å². The number of thioether (sulfide) groups is 1. The van der Waals surface area contributed by atoms with Crippen molar-refractivity contribution in [3.63, 3.8) is 0 Å². The second-order valence-electron chi connectivity index (χ2n) is 5.30. The molecule has 1 fully saturated rings. The van der Waals surface area contributed by atoms with Gasteiger partial charge in [0.05, 0.1) is 16.8 Å². The zero-order chi connectivity index (χ0) is 15.4. The molecule has 116 valence electrons. The van der Waals surface area contributed by atoms with Crippen molar-refractivity contribution in [3.05, 3.63) is 23.2 Å². The first-order valence-corrected chi connectivity index (χ1v) is 8.65. The first-order valence-electron chi connectivity index (χ1n) is 7.22. The minimum Gasteiger partial charge on any atom is -0.397 e. The maximum atomic E-state index is 12.4. The SMILES string of the molecule is CCC1CN(C(C)C(=O)Nc2ccc(Cl)c(N)c2)CCS1. The first kappa shape index (κ1) is 16.5. The fraction of sp³-hybridized carbons (Fsp3) is 0.533. The number of nitrogens with zero attached hydrogens (tertiary/aromatic N) is 1. The van der Waals surface area contributed by atoms with Crippen LogP contribution >= 0.6 is 23.4 Å². The summed E-state index contributed by atoms with van der Waals surface area (Å²) in [5.41, 5.74) is 6.92. The molecule has 0 aliphatic carbocycles.